The highest BCUT2D eigenvalue weighted by molar-refractivity contribution is 6.31. The van der Waals surface area contributed by atoms with E-state index in [1.165, 1.54) is 0 Å². The first kappa shape index (κ1) is 16.8. The minimum absolute atomic E-state index is 0.192. The summed E-state index contributed by atoms with van der Waals surface area (Å²) in [6.45, 7) is 6.01. The van der Waals surface area contributed by atoms with E-state index in [2.05, 4.69) is 0 Å². The Kier molecular flexibility index (Phi) is 4.04. The van der Waals surface area contributed by atoms with Gasteiger partial charge in [-0.05, 0) is 44.5 Å². The summed E-state index contributed by atoms with van der Waals surface area (Å²) in [5.74, 6) is 1.92. The van der Waals surface area contributed by atoms with Gasteiger partial charge in [0.1, 0.15) is 17.9 Å². The highest BCUT2D eigenvalue weighted by atomic mass is 35.5. The van der Waals surface area contributed by atoms with Gasteiger partial charge < -0.3 is 18.6 Å². The molecule has 0 atom stereocenters. The summed E-state index contributed by atoms with van der Waals surface area (Å²) in [4.78, 5) is 12.0. The lowest BCUT2D eigenvalue weighted by Gasteiger charge is -2.13. The molecule has 6 heteroatoms. The number of aryl methyl sites for hydroxylation is 2. The van der Waals surface area contributed by atoms with E-state index >= 15 is 0 Å². The second-order valence-corrected chi connectivity index (χ2v) is 6.70. The summed E-state index contributed by atoms with van der Waals surface area (Å²) in [6.07, 6.45) is 0. The van der Waals surface area contributed by atoms with Crippen molar-refractivity contribution in [2.45, 2.75) is 27.4 Å². The molecule has 1 aliphatic rings. The van der Waals surface area contributed by atoms with Crippen LogP contribution in [-0.4, -0.2) is 6.79 Å². The Balaban J connectivity index is 1.67. The fourth-order valence-corrected chi connectivity index (χ4v) is 3.21. The van der Waals surface area contributed by atoms with E-state index in [4.69, 9.17) is 30.2 Å². The maximum Gasteiger partial charge on any atom is 0.339 e. The molecule has 1 aromatic heterocycles. The molecule has 2 heterocycles. The molecule has 0 N–H and O–H groups in total. The third-order valence-corrected chi connectivity index (χ3v) is 5.10. The topological polar surface area (TPSA) is 57.9 Å². The van der Waals surface area contributed by atoms with Crippen LogP contribution in [0.25, 0.3) is 11.0 Å². The Hall–Kier alpha value is -2.66. The molecule has 26 heavy (non-hydrogen) atoms. The summed E-state index contributed by atoms with van der Waals surface area (Å²) < 4.78 is 22.1. The van der Waals surface area contributed by atoms with Crippen LogP contribution in [0.1, 0.15) is 22.3 Å². The lowest BCUT2D eigenvalue weighted by Crippen LogP contribution is -2.07. The van der Waals surface area contributed by atoms with Crippen LogP contribution >= 0.6 is 11.6 Å². The molecule has 0 fully saturated rings. The van der Waals surface area contributed by atoms with Gasteiger partial charge in [0.15, 0.2) is 11.5 Å². The normalized spacial score (nSPS) is 12.6. The van der Waals surface area contributed by atoms with Crippen molar-refractivity contribution in [2.75, 3.05) is 6.79 Å². The van der Waals surface area contributed by atoms with E-state index in [0.717, 1.165) is 22.1 Å². The first-order chi connectivity index (χ1) is 12.5. The van der Waals surface area contributed by atoms with E-state index in [1.807, 2.05) is 32.0 Å². The lowest BCUT2D eigenvalue weighted by molar-refractivity contribution is 0.174. The van der Waals surface area contributed by atoms with Gasteiger partial charge in [0.05, 0.1) is 5.02 Å². The average Bonchev–Trinajstić information content (AvgIpc) is 3.06. The quantitative estimate of drug-likeness (QED) is 0.625. The number of ether oxygens (including phenoxy) is 3. The molecule has 3 aromatic rings. The molecule has 0 amide bonds. The first-order valence-electron chi connectivity index (χ1n) is 8.20. The van der Waals surface area contributed by atoms with Crippen molar-refractivity contribution in [3.63, 3.8) is 0 Å². The Bertz CT molecular complexity index is 1080. The van der Waals surface area contributed by atoms with Gasteiger partial charge in [0, 0.05) is 28.1 Å². The molecular weight excluding hydrogens is 356 g/mol. The van der Waals surface area contributed by atoms with Gasteiger partial charge in [-0.1, -0.05) is 11.6 Å². The SMILES string of the molecule is Cc1c(C)c2ccc(OCc3cc4c(cc3Cl)OCO4)c(C)c2oc1=O. The summed E-state index contributed by atoms with van der Waals surface area (Å²) in [7, 11) is 0. The summed E-state index contributed by atoms with van der Waals surface area (Å²) in [5.41, 5.74) is 3.33. The van der Waals surface area contributed by atoms with Crippen molar-refractivity contribution >= 4 is 22.6 Å². The van der Waals surface area contributed by atoms with Crippen molar-refractivity contribution in [1.29, 1.82) is 0 Å². The van der Waals surface area contributed by atoms with Gasteiger partial charge in [0.2, 0.25) is 6.79 Å². The third kappa shape index (κ3) is 2.69. The van der Waals surface area contributed by atoms with Crippen LogP contribution in [0.4, 0.5) is 0 Å². The fraction of sp³-hybridized carbons (Fsp3) is 0.250. The van der Waals surface area contributed by atoms with Gasteiger partial charge in [-0.15, -0.1) is 0 Å². The van der Waals surface area contributed by atoms with Gasteiger partial charge >= 0.3 is 5.63 Å². The zero-order valence-corrected chi connectivity index (χ0v) is 15.4. The fourth-order valence-electron chi connectivity index (χ4n) is 3.01. The molecule has 0 radical (unpaired) electrons. The van der Waals surface area contributed by atoms with E-state index in [9.17, 15) is 4.79 Å². The standard InChI is InChI=1S/C20H17ClO5/c1-10-11(2)20(22)26-19-12(3)16(5-4-14(10)19)23-8-13-6-17-18(7-15(13)21)25-9-24-17/h4-7H,8-9H2,1-3H3. The Labute approximate surface area is 155 Å². The van der Waals surface area contributed by atoms with Crippen molar-refractivity contribution in [3.05, 3.63) is 62.0 Å². The maximum atomic E-state index is 12.0. The van der Waals surface area contributed by atoms with Crippen LogP contribution in [0.2, 0.25) is 5.02 Å². The molecule has 0 spiro atoms. The largest absolute Gasteiger partial charge is 0.488 e. The molecule has 0 bridgehead atoms. The van der Waals surface area contributed by atoms with Crippen molar-refractivity contribution in [2.24, 2.45) is 0 Å². The molecule has 4 rings (SSSR count). The Morgan fingerprint density at radius 1 is 1.04 bits per heavy atom. The van der Waals surface area contributed by atoms with Gasteiger partial charge in [0.25, 0.3) is 0 Å². The van der Waals surface area contributed by atoms with Crippen LogP contribution in [0.5, 0.6) is 17.2 Å². The smallest absolute Gasteiger partial charge is 0.339 e. The Morgan fingerprint density at radius 2 is 1.77 bits per heavy atom. The third-order valence-electron chi connectivity index (χ3n) is 4.75. The summed E-state index contributed by atoms with van der Waals surface area (Å²) in [6, 6.07) is 7.32. The van der Waals surface area contributed by atoms with Crippen LogP contribution in [0.15, 0.2) is 33.5 Å². The molecule has 0 saturated carbocycles. The first-order valence-corrected chi connectivity index (χ1v) is 8.58. The van der Waals surface area contributed by atoms with Crippen LogP contribution in [0, 0.1) is 20.8 Å². The maximum absolute atomic E-state index is 12.0. The zero-order chi connectivity index (χ0) is 18.4. The summed E-state index contributed by atoms with van der Waals surface area (Å²) >= 11 is 6.29. The minimum Gasteiger partial charge on any atom is -0.488 e. The number of hydrogen-bond acceptors (Lipinski definition) is 5. The second kappa shape index (κ2) is 6.25. The molecule has 2 aromatic carbocycles. The number of rotatable bonds is 3. The van der Waals surface area contributed by atoms with Gasteiger partial charge in [-0.2, -0.15) is 0 Å². The zero-order valence-electron chi connectivity index (χ0n) is 14.6. The van der Waals surface area contributed by atoms with Gasteiger partial charge in [-0.25, -0.2) is 4.79 Å². The van der Waals surface area contributed by atoms with Crippen LogP contribution < -0.4 is 19.8 Å². The molecule has 1 aliphatic heterocycles. The van der Waals surface area contributed by atoms with E-state index < -0.39 is 0 Å². The highest BCUT2D eigenvalue weighted by Crippen LogP contribution is 2.37. The average molecular weight is 373 g/mol. The van der Waals surface area contributed by atoms with E-state index in [0.29, 0.717) is 33.4 Å². The minimum atomic E-state index is -0.325. The molecule has 5 nitrogen and oxygen atoms in total. The predicted octanol–water partition coefficient (Wildman–Crippen LogP) is 4.68. The number of benzene rings is 2. The molecule has 0 saturated heterocycles. The predicted molar refractivity (Wildman–Crippen MR) is 98.6 cm³/mol. The number of hydrogen-bond donors (Lipinski definition) is 0. The van der Waals surface area contributed by atoms with Crippen LogP contribution in [-0.2, 0) is 6.61 Å². The molecule has 0 aliphatic carbocycles. The Morgan fingerprint density at radius 3 is 2.54 bits per heavy atom. The lowest BCUT2D eigenvalue weighted by atomic mass is 10.0. The number of fused-ring (bicyclic) bond motifs is 2. The van der Waals surface area contributed by atoms with Crippen LogP contribution in [0.3, 0.4) is 0 Å². The van der Waals surface area contributed by atoms with E-state index in [1.54, 1.807) is 13.0 Å². The second-order valence-electron chi connectivity index (χ2n) is 6.29. The van der Waals surface area contributed by atoms with Crippen molar-refractivity contribution in [1.82, 2.24) is 0 Å². The molecule has 134 valence electrons. The number of halogens is 1. The molecule has 0 unspecified atom stereocenters. The molecular formula is C20H17ClO5. The van der Waals surface area contributed by atoms with Crippen molar-refractivity contribution in [3.8, 4) is 17.2 Å². The van der Waals surface area contributed by atoms with Gasteiger partial charge in [-0.3, -0.25) is 0 Å². The monoisotopic (exact) mass is 372 g/mol. The van der Waals surface area contributed by atoms with Crippen molar-refractivity contribution < 1.29 is 18.6 Å². The highest BCUT2D eigenvalue weighted by Gasteiger charge is 2.18. The summed E-state index contributed by atoms with van der Waals surface area (Å²) in [5, 5.41) is 1.46. The van der Waals surface area contributed by atoms with E-state index in [-0.39, 0.29) is 19.0 Å².